The molecule has 0 radical (unpaired) electrons. The van der Waals surface area contributed by atoms with E-state index in [4.69, 9.17) is 16.3 Å². The number of benzene rings is 1. The lowest BCUT2D eigenvalue weighted by Crippen LogP contribution is -2.20. The Balaban J connectivity index is 1.82. The van der Waals surface area contributed by atoms with Crippen molar-refractivity contribution in [3.63, 3.8) is 0 Å². The predicted octanol–water partition coefficient (Wildman–Crippen LogP) is 2.31. The lowest BCUT2D eigenvalue weighted by Gasteiger charge is -2.04. The molecule has 1 N–H and O–H groups in total. The van der Waals surface area contributed by atoms with Gasteiger partial charge in [0, 0.05) is 10.4 Å². The minimum atomic E-state index is -0.632. The molecule has 9 heteroatoms. The van der Waals surface area contributed by atoms with E-state index in [-0.39, 0.29) is 6.42 Å². The van der Waals surface area contributed by atoms with Crippen LogP contribution in [0, 0.1) is 0 Å². The minimum Gasteiger partial charge on any atom is -0.469 e. The molecule has 7 nitrogen and oxygen atoms in total. The van der Waals surface area contributed by atoms with Gasteiger partial charge in [0.2, 0.25) is 0 Å². The molecule has 0 aliphatic heterocycles. The molecule has 0 spiro atoms. The van der Waals surface area contributed by atoms with E-state index in [1.807, 2.05) is 0 Å². The van der Waals surface area contributed by atoms with Crippen LogP contribution in [0.3, 0.4) is 0 Å². The van der Waals surface area contributed by atoms with Crippen molar-refractivity contribution in [2.24, 2.45) is 0 Å². The number of nitrogens with zero attached hydrogens (tertiary/aromatic N) is 1. The highest BCUT2D eigenvalue weighted by atomic mass is 35.5. The number of aromatic nitrogens is 1. The van der Waals surface area contributed by atoms with E-state index < -0.39 is 24.5 Å². The molecule has 0 saturated heterocycles. The second kappa shape index (κ2) is 8.42. The zero-order valence-corrected chi connectivity index (χ0v) is 14.1. The number of thiazole rings is 1. The molecule has 0 aliphatic carbocycles. The molecule has 24 heavy (non-hydrogen) atoms. The number of esters is 2. The van der Waals surface area contributed by atoms with Crippen molar-refractivity contribution in [2.45, 2.75) is 6.42 Å². The Labute approximate surface area is 146 Å². The fraction of sp³-hybridized carbons (Fsp3) is 0.200. The molecular weight excluding hydrogens is 356 g/mol. The third-order valence-corrected chi connectivity index (χ3v) is 3.82. The van der Waals surface area contributed by atoms with Gasteiger partial charge in [0.05, 0.1) is 24.8 Å². The normalized spacial score (nSPS) is 10.1. The van der Waals surface area contributed by atoms with Gasteiger partial charge in [0.15, 0.2) is 11.7 Å². The van der Waals surface area contributed by atoms with Gasteiger partial charge in [-0.05, 0) is 24.3 Å². The summed E-state index contributed by atoms with van der Waals surface area (Å²) in [5.74, 6) is -1.58. The van der Waals surface area contributed by atoms with Gasteiger partial charge in [-0.2, -0.15) is 0 Å². The Morgan fingerprint density at radius 1 is 1.25 bits per heavy atom. The summed E-state index contributed by atoms with van der Waals surface area (Å²) in [5, 5.41) is 4.92. The van der Waals surface area contributed by atoms with Crippen molar-refractivity contribution in [3.05, 3.63) is 45.9 Å². The number of methoxy groups -OCH3 is 1. The van der Waals surface area contributed by atoms with Gasteiger partial charge in [0.25, 0.3) is 5.91 Å². The maximum absolute atomic E-state index is 11.8. The van der Waals surface area contributed by atoms with Gasteiger partial charge in [-0.3, -0.25) is 14.9 Å². The number of anilines is 1. The van der Waals surface area contributed by atoms with E-state index in [0.29, 0.717) is 21.4 Å². The number of hydrogen-bond donors (Lipinski definition) is 1. The maximum Gasteiger partial charge on any atom is 0.338 e. The summed E-state index contributed by atoms with van der Waals surface area (Å²) in [4.78, 5) is 38.7. The van der Waals surface area contributed by atoms with E-state index in [2.05, 4.69) is 15.0 Å². The first-order valence-electron chi connectivity index (χ1n) is 6.71. The third kappa shape index (κ3) is 5.32. The highest BCUT2D eigenvalue weighted by Crippen LogP contribution is 2.16. The molecule has 1 aromatic carbocycles. The Bertz CT molecular complexity index is 745. The van der Waals surface area contributed by atoms with Crippen molar-refractivity contribution in [2.75, 3.05) is 19.0 Å². The number of carbonyl (C=O) groups excluding carboxylic acids is 3. The summed E-state index contributed by atoms with van der Waals surface area (Å²) >= 11 is 6.88. The summed E-state index contributed by atoms with van der Waals surface area (Å²) in [5.41, 5.74) is 0.780. The SMILES string of the molecule is COC(=O)Cc1csc(NC(=O)COC(=O)c2ccc(Cl)cc2)n1. The second-order valence-electron chi connectivity index (χ2n) is 4.53. The first kappa shape index (κ1) is 17.9. The van der Waals surface area contributed by atoms with Crippen molar-refractivity contribution in [1.82, 2.24) is 4.98 Å². The summed E-state index contributed by atoms with van der Waals surface area (Å²) in [7, 11) is 1.28. The average molecular weight is 369 g/mol. The number of nitrogens with one attached hydrogen (secondary N) is 1. The topological polar surface area (TPSA) is 94.6 Å². The van der Waals surface area contributed by atoms with Crippen molar-refractivity contribution in [3.8, 4) is 0 Å². The van der Waals surface area contributed by atoms with Gasteiger partial charge in [0.1, 0.15) is 0 Å². The molecule has 0 atom stereocenters. The van der Waals surface area contributed by atoms with E-state index in [9.17, 15) is 14.4 Å². The number of hydrogen-bond acceptors (Lipinski definition) is 7. The fourth-order valence-corrected chi connectivity index (χ4v) is 2.47. The molecule has 2 aromatic rings. The number of amides is 1. The molecule has 0 bridgehead atoms. The van der Waals surface area contributed by atoms with Crippen LogP contribution in [0.25, 0.3) is 0 Å². The zero-order chi connectivity index (χ0) is 17.5. The molecule has 1 aromatic heterocycles. The Morgan fingerprint density at radius 2 is 1.96 bits per heavy atom. The lowest BCUT2D eigenvalue weighted by molar-refractivity contribution is -0.139. The largest absolute Gasteiger partial charge is 0.469 e. The van der Waals surface area contributed by atoms with Gasteiger partial charge in [-0.1, -0.05) is 11.6 Å². The first-order valence-corrected chi connectivity index (χ1v) is 7.97. The van der Waals surface area contributed by atoms with Crippen LogP contribution in [0.1, 0.15) is 16.1 Å². The Kier molecular flexibility index (Phi) is 6.28. The first-order chi connectivity index (χ1) is 11.5. The molecular formula is C15H13ClN2O5S. The van der Waals surface area contributed by atoms with E-state index in [1.165, 1.54) is 19.2 Å². The summed E-state index contributed by atoms with van der Waals surface area (Å²) in [6.45, 7) is -0.451. The van der Waals surface area contributed by atoms with E-state index >= 15 is 0 Å². The van der Waals surface area contributed by atoms with Crippen LogP contribution in [-0.4, -0.2) is 36.5 Å². The monoisotopic (exact) mass is 368 g/mol. The molecule has 0 unspecified atom stereocenters. The Hall–Kier alpha value is -2.45. The summed E-state index contributed by atoms with van der Waals surface area (Å²) in [6.07, 6.45) is 0.0222. The van der Waals surface area contributed by atoms with Crippen LogP contribution in [-0.2, 0) is 25.5 Å². The molecule has 126 valence electrons. The van der Waals surface area contributed by atoms with Crippen LogP contribution in [0.2, 0.25) is 5.02 Å². The number of ether oxygens (including phenoxy) is 2. The number of carbonyl (C=O) groups is 3. The highest BCUT2D eigenvalue weighted by molar-refractivity contribution is 7.13. The predicted molar refractivity (Wildman–Crippen MR) is 88.2 cm³/mol. The molecule has 0 aliphatic rings. The van der Waals surface area contributed by atoms with E-state index in [0.717, 1.165) is 11.3 Å². The fourth-order valence-electron chi connectivity index (χ4n) is 1.62. The smallest absolute Gasteiger partial charge is 0.338 e. The minimum absolute atomic E-state index is 0.0222. The van der Waals surface area contributed by atoms with Gasteiger partial charge < -0.3 is 9.47 Å². The second-order valence-corrected chi connectivity index (χ2v) is 5.82. The third-order valence-electron chi connectivity index (χ3n) is 2.77. The summed E-state index contributed by atoms with van der Waals surface area (Å²) in [6, 6.07) is 6.11. The van der Waals surface area contributed by atoms with Crippen molar-refractivity contribution >= 4 is 45.9 Å². The molecule has 2 rings (SSSR count). The zero-order valence-electron chi connectivity index (χ0n) is 12.6. The molecule has 1 heterocycles. The molecule has 0 fully saturated rings. The Morgan fingerprint density at radius 3 is 2.62 bits per heavy atom. The molecule has 0 saturated carbocycles. The van der Waals surface area contributed by atoms with Crippen LogP contribution in [0.15, 0.2) is 29.6 Å². The van der Waals surface area contributed by atoms with Gasteiger partial charge in [-0.15, -0.1) is 11.3 Å². The average Bonchev–Trinajstić information content (AvgIpc) is 3.00. The quantitative estimate of drug-likeness (QED) is 0.786. The highest BCUT2D eigenvalue weighted by Gasteiger charge is 2.13. The number of halogens is 1. The van der Waals surface area contributed by atoms with Gasteiger partial charge in [-0.25, -0.2) is 9.78 Å². The molecule has 1 amide bonds. The van der Waals surface area contributed by atoms with Crippen LogP contribution in [0.4, 0.5) is 5.13 Å². The van der Waals surface area contributed by atoms with Gasteiger partial charge >= 0.3 is 11.9 Å². The standard InChI is InChI=1S/C15H13ClN2O5S/c1-22-13(20)6-11-8-24-15(17-11)18-12(19)7-23-14(21)9-2-4-10(16)5-3-9/h2-5,8H,6-7H2,1H3,(H,17,18,19). The lowest BCUT2D eigenvalue weighted by atomic mass is 10.2. The van der Waals surface area contributed by atoms with Crippen molar-refractivity contribution < 1.29 is 23.9 Å². The maximum atomic E-state index is 11.8. The van der Waals surface area contributed by atoms with Crippen LogP contribution in [0.5, 0.6) is 0 Å². The summed E-state index contributed by atoms with van der Waals surface area (Å²) < 4.78 is 9.43. The van der Waals surface area contributed by atoms with Crippen molar-refractivity contribution in [1.29, 1.82) is 0 Å². The van der Waals surface area contributed by atoms with Crippen LogP contribution < -0.4 is 5.32 Å². The number of rotatable bonds is 6. The van der Waals surface area contributed by atoms with E-state index in [1.54, 1.807) is 17.5 Å². The van der Waals surface area contributed by atoms with Crippen LogP contribution >= 0.6 is 22.9 Å².